The summed E-state index contributed by atoms with van der Waals surface area (Å²) < 4.78 is 0. The van der Waals surface area contributed by atoms with Gasteiger partial charge in [-0.25, -0.2) is 0 Å². The van der Waals surface area contributed by atoms with E-state index in [2.05, 4.69) is 31.2 Å². The molecule has 2 unspecified atom stereocenters. The molecule has 0 saturated heterocycles. The van der Waals surface area contributed by atoms with E-state index in [-0.39, 0.29) is 6.10 Å². The fourth-order valence-electron chi connectivity index (χ4n) is 1.18. The molecule has 0 aliphatic rings. The van der Waals surface area contributed by atoms with E-state index in [4.69, 9.17) is 0 Å². The van der Waals surface area contributed by atoms with E-state index in [1.165, 1.54) is 5.56 Å². The van der Waals surface area contributed by atoms with E-state index in [1.54, 1.807) is 0 Å². The molecule has 0 radical (unpaired) electrons. The summed E-state index contributed by atoms with van der Waals surface area (Å²) in [5.41, 5.74) is 1.21. The molecule has 1 rings (SSSR count). The molecular weight excluding hydrogens is 172 g/mol. The summed E-state index contributed by atoms with van der Waals surface area (Å²) in [4.78, 5) is 0. The Kier molecular flexibility index (Phi) is 4.41. The Morgan fingerprint density at radius 2 is 1.86 bits per heavy atom. The van der Waals surface area contributed by atoms with Gasteiger partial charge in [-0.3, -0.25) is 0 Å². The molecule has 1 nitrogen and oxygen atoms in total. The van der Waals surface area contributed by atoms with Crippen molar-refractivity contribution in [2.45, 2.75) is 26.4 Å². The van der Waals surface area contributed by atoms with Gasteiger partial charge in [-0.15, -0.1) is 0 Å². The summed E-state index contributed by atoms with van der Waals surface area (Å²) >= 11 is 0. The number of aliphatic hydroxyl groups is 1. The zero-order valence-corrected chi connectivity index (χ0v) is 8.85. The van der Waals surface area contributed by atoms with Crippen molar-refractivity contribution < 1.29 is 5.11 Å². The Bertz CT molecular complexity index is 275. The molecule has 1 aromatic rings. The molecule has 0 aliphatic carbocycles. The first-order valence-corrected chi connectivity index (χ1v) is 5.10. The van der Waals surface area contributed by atoms with Crippen molar-refractivity contribution in [3.8, 4) is 0 Å². The maximum absolute atomic E-state index is 9.28. The van der Waals surface area contributed by atoms with Crippen LogP contribution in [0.15, 0.2) is 36.4 Å². The summed E-state index contributed by atoms with van der Waals surface area (Å²) in [5.74, 6) is 0.329. The second-order valence-corrected chi connectivity index (χ2v) is 3.77. The maximum atomic E-state index is 9.28. The fourth-order valence-corrected chi connectivity index (χ4v) is 1.18. The van der Waals surface area contributed by atoms with Crippen molar-refractivity contribution >= 4 is 6.08 Å². The van der Waals surface area contributed by atoms with Crippen molar-refractivity contribution in [3.63, 3.8) is 0 Å². The van der Waals surface area contributed by atoms with Crippen LogP contribution in [0.25, 0.3) is 6.08 Å². The zero-order valence-electron chi connectivity index (χ0n) is 8.85. The summed E-state index contributed by atoms with van der Waals surface area (Å²) in [6.07, 6.45) is 4.91. The summed E-state index contributed by atoms with van der Waals surface area (Å²) in [6.45, 7) is 3.89. The van der Waals surface area contributed by atoms with Gasteiger partial charge in [-0.05, 0) is 24.8 Å². The first-order chi connectivity index (χ1) is 6.70. The minimum Gasteiger partial charge on any atom is -0.393 e. The minimum absolute atomic E-state index is 0.226. The highest BCUT2D eigenvalue weighted by atomic mass is 16.3. The molecule has 1 heteroatoms. The second-order valence-electron chi connectivity index (χ2n) is 3.77. The van der Waals surface area contributed by atoms with Crippen LogP contribution in [0.5, 0.6) is 0 Å². The van der Waals surface area contributed by atoms with Gasteiger partial charge in [0.15, 0.2) is 0 Å². The van der Waals surface area contributed by atoms with Crippen molar-refractivity contribution in [1.29, 1.82) is 0 Å². The zero-order chi connectivity index (χ0) is 10.4. The van der Waals surface area contributed by atoms with Crippen LogP contribution in [0.3, 0.4) is 0 Å². The minimum atomic E-state index is -0.226. The van der Waals surface area contributed by atoms with Crippen LogP contribution < -0.4 is 0 Å². The van der Waals surface area contributed by atoms with Crippen LogP contribution in [0, 0.1) is 5.92 Å². The van der Waals surface area contributed by atoms with Crippen LogP contribution in [0.2, 0.25) is 0 Å². The van der Waals surface area contributed by atoms with Gasteiger partial charge < -0.3 is 5.11 Å². The molecular formula is C13H18O. The normalized spacial score (nSPS) is 15.6. The van der Waals surface area contributed by atoms with Crippen LogP contribution in [0.4, 0.5) is 0 Å². The molecule has 0 bridgehead atoms. The number of hydrogen-bond donors (Lipinski definition) is 1. The number of aliphatic hydroxyl groups excluding tert-OH is 1. The average molecular weight is 190 g/mol. The SMILES string of the molecule is CC(O)C(C)CC=Cc1ccccc1. The van der Waals surface area contributed by atoms with Crippen molar-refractivity contribution in [2.24, 2.45) is 5.92 Å². The average Bonchev–Trinajstić information content (AvgIpc) is 2.19. The summed E-state index contributed by atoms with van der Waals surface area (Å²) in [6, 6.07) is 10.2. The van der Waals surface area contributed by atoms with Gasteiger partial charge in [0.05, 0.1) is 6.10 Å². The molecule has 0 heterocycles. The molecule has 2 atom stereocenters. The van der Waals surface area contributed by atoms with Gasteiger partial charge in [0.25, 0.3) is 0 Å². The van der Waals surface area contributed by atoms with Gasteiger partial charge in [0.1, 0.15) is 0 Å². The Morgan fingerprint density at radius 3 is 2.43 bits per heavy atom. The lowest BCUT2D eigenvalue weighted by Crippen LogP contribution is -2.11. The van der Waals surface area contributed by atoms with Crippen LogP contribution in [-0.4, -0.2) is 11.2 Å². The van der Waals surface area contributed by atoms with Crippen LogP contribution in [0.1, 0.15) is 25.8 Å². The van der Waals surface area contributed by atoms with Gasteiger partial charge in [-0.2, -0.15) is 0 Å². The third-order valence-corrected chi connectivity index (χ3v) is 2.44. The smallest absolute Gasteiger partial charge is 0.0540 e. The monoisotopic (exact) mass is 190 g/mol. The van der Waals surface area contributed by atoms with E-state index >= 15 is 0 Å². The quantitative estimate of drug-likeness (QED) is 0.773. The van der Waals surface area contributed by atoms with Crippen molar-refractivity contribution in [2.75, 3.05) is 0 Å². The van der Waals surface area contributed by atoms with E-state index in [9.17, 15) is 5.11 Å². The number of hydrogen-bond acceptors (Lipinski definition) is 1. The third kappa shape index (κ3) is 3.75. The lowest BCUT2D eigenvalue weighted by molar-refractivity contribution is 0.136. The molecule has 1 aromatic carbocycles. The highest BCUT2D eigenvalue weighted by Gasteiger charge is 2.05. The molecule has 1 N–H and O–H groups in total. The van der Waals surface area contributed by atoms with Crippen LogP contribution in [-0.2, 0) is 0 Å². The molecule has 14 heavy (non-hydrogen) atoms. The maximum Gasteiger partial charge on any atom is 0.0540 e. The largest absolute Gasteiger partial charge is 0.393 e. The Balaban J connectivity index is 2.42. The second kappa shape index (κ2) is 5.61. The predicted molar refractivity (Wildman–Crippen MR) is 60.9 cm³/mol. The Morgan fingerprint density at radius 1 is 1.21 bits per heavy atom. The number of rotatable bonds is 4. The Hall–Kier alpha value is -1.08. The lowest BCUT2D eigenvalue weighted by atomic mass is 10.0. The van der Waals surface area contributed by atoms with Crippen molar-refractivity contribution in [1.82, 2.24) is 0 Å². The van der Waals surface area contributed by atoms with Gasteiger partial charge in [0.2, 0.25) is 0 Å². The summed E-state index contributed by atoms with van der Waals surface area (Å²) in [5, 5.41) is 9.28. The number of benzene rings is 1. The Labute approximate surface area is 86.1 Å². The standard InChI is InChI=1S/C13H18O/c1-11(12(2)14)7-6-10-13-8-4-3-5-9-13/h3-6,8-12,14H,7H2,1-2H3. The van der Waals surface area contributed by atoms with Crippen LogP contribution >= 0.6 is 0 Å². The lowest BCUT2D eigenvalue weighted by Gasteiger charge is -2.10. The first kappa shape index (κ1) is 11.0. The van der Waals surface area contributed by atoms with E-state index in [0.29, 0.717) is 5.92 Å². The van der Waals surface area contributed by atoms with E-state index in [1.807, 2.05) is 25.1 Å². The van der Waals surface area contributed by atoms with Gasteiger partial charge in [-0.1, -0.05) is 49.4 Å². The van der Waals surface area contributed by atoms with Gasteiger partial charge in [0, 0.05) is 0 Å². The molecule has 0 aromatic heterocycles. The van der Waals surface area contributed by atoms with E-state index < -0.39 is 0 Å². The van der Waals surface area contributed by atoms with Crippen molar-refractivity contribution in [3.05, 3.63) is 42.0 Å². The highest BCUT2D eigenvalue weighted by Crippen LogP contribution is 2.10. The molecule has 0 spiro atoms. The van der Waals surface area contributed by atoms with E-state index in [0.717, 1.165) is 6.42 Å². The number of allylic oxidation sites excluding steroid dienone is 1. The highest BCUT2D eigenvalue weighted by molar-refractivity contribution is 5.48. The summed E-state index contributed by atoms with van der Waals surface area (Å²) in [7, 11) is 0. The molecule has 0 aliphatic heterocycles. The molecule has 0 amide bonds. The third-order valence-electron chi connectivity index (χ3n) is 2.44. The fraction of sp³-hybridized carbons (Fsp3) is 0.385. The topological polar surface area (TPSA) is 20.2 Å². The first-order valence-electron chi connectivity index (χ1n) is 5.10. The van der Waals surface area contributed by atoms with Gasteiger partial charge >= 0.3 is 0 Å². The predicted octanol–water partition coefficient (Wildman–Crippen LogP) is 3.11. The molecule has 0 saturated carbocycles. The molecule has 76 valence electrons. The molecule has 0 fully saturated rings.